The second-order valence-electron chi connectivity index (χ2n) is 7.04. The van der Waals surface area contributed by atoms with Crippen molar-refractivity contribution in [2.45, 2.75) is 51.9 Å². The molecule has 4 bridgehead atoms. The van der Waals surface area contributed by atoms with Crippen molar-refractivity contribution in [3.05, 3.63) is 0 Å². The smallest absolute Gasteiger partial charge is 0.244 e. The van der Waals surface area contributed by atoms with Crippen molar-refractivity contribution < 1.29 is 4.79 Å². The number of hydrazine groups is 1. The van der Waals surface area contributed by atoms with Gasteiger partial charge in [0.05, 0.1) is 5.41 Å². The zero-order valence-corrected chi connectivity index (χ0v) is 12.3. The summed E-state index contributed by atoms with van der Waals surface area (Å²) < 4.78 is 0. The fourth-order valence-electron chi connectivity index (χ4n) is 5.38. The van der Waals surface area contributed by atoms with Crippen LogP contribution in [-0.2, 0) is 4.79 Å². The third kappa shape index (κ3) is 2.12. The van der Waals surface area contributed by atoms with Crippen LogP contribution >= 0.6 is 12.2 Å². The van der Waals surface area contributed by atoms with Crippen molar-refractivity contribution in [1.29, 1.82) is 0 Å². The van der Waals surface area contributed by atoms with Gasteiger partial charge in [0.1, 0.15) is 0 Å². The Morgan fingerprint density at radius 3 is 2.42 bits per heavy atom. The van der Waals surface area contributed by atoms with Gasteiger partial charge in [-0.1, -0.05) is 13.3 Å². The van der Waals surface area contributed by atoms with E-state index in [1.165, 1.54) is 25.7 Å². The predicted molar refractivity (Wildman–Crippen MR) is 77.9 cm³/mol. The summed E-state index contributed by atoms with van der Waals surface area (Å²) >= 11 is 4.75. The van der Waals surface area contributed by atoms with Crippen LogP contribution in [0.5, 0.6) is 0 Å². The average Bonchev–Trinajstić information content (AvgIpc) is 2.34. The molecule has 0 spiro atoms. The maximum Gasteiger partial charge on any atom is 0.244 e. The van der Waals surface area contributed by atoms with Gasteiger partial charge in [0, 0.05) is 0 Å². The van der Waals surface area contributed by atoms with E-state index in [0.29, 0.717) is 5.41 Å². The first kappa shape index (κ1) is 13.2. The van der Waals surface area contributed by atoms with Crippen LogP contribution in [0.25, 0.3) is 0 Å². The van der Waals surface area contributed by atoms with E-state index >= 15 is 0 Å². The van der Waals surface area contributed by atoms with Gasteiger partial charge in [0.15, 0.2) is 5.11 Å². The summed E-state index contributed by atoms with van der Waals surface area (Å²) in [5.41, 5.74) is 11.0. The van der Waals surface area contributed by atoms with Crippen LogP contribution in [0.15, 0.2) is 0 Å². The maximum atomic E-state index is 12.6. The van der Waals surface area contributed by atoms with Crippen molar-refractivity contribution in [3.63, 3.8) is 0 Å². The van der Waals surface area contributed by atoms with Gasteiger partial charge in [-0.15, -0.1) is 0 Å². The number of hydrogen-bond acceptors (Lipinski definition) is 2. The number of amides is 1. The van der Waals surface area contributed by atoms with Crippen LogP contribution < -0.4 is 16.6 Å². The van der Waals surface area contributed by atoms with Gasteiger partial charge in [-0.2, -0.15) is 0 Å². The van der Waals surface area contributed by atoms with Gasteiger partial charge in [-0.3, -0.25) is 15.6 Å². The van der Waals surface area contributed by atoms with Crippen LogP contribution in [-0.4, -0.2) is 11.0 Å². The van der Waals surface area contributed by atoms with Gasteiger partial charge in [-0.05, 0) is 68.0 Å². The van der Waals surface area contributed by atoms with Crippen molar-refractivity contribution in [2.75, 3.05) is 0 Å². The topological polar surface area (TPSA) is 67.2 Å². The minimum absolute atomic E-state index is 0.104. The minimum Gasteiger partial charge on any atom is -0.375 e. The van der Waals surface area contributed by atoms with Crippen molar-refractivity contribution in [3.8, 4) is 0 Å². The molecule has 0 saturated heterocycles. The number of hydrogen-bond donors (Lipinski definition) is 3. The standard InChI is InChI=1S/C14H23N3OS/c1-2-13-4-9-3-10(5-13)7-14(6-9,8-13)11(18)16-17-12(15)19/h9-10H,2-8H2,1H3,(H,16,18)(H3,15,17,19)/t9-,10-,13?,14?/m0/s1. The molecule has 2 atom stereocenters. The summed E-state index contributed by atoms with van der Waals surface area (Å²) in [7, 11) is 0. The molecule has 4 N–H and O–H groups in total. The van der Waals surface area contributed by atoms with Gasteiger partial charge < -0.3 is 5.73 Å². The predicted octanol–water partition coefficient (Wildman–Crippen LogP) is 1.85. The lowest BCUT2D eigenvalue weighted by Gasteiger charge is -2.61. The minimum atomic E-state index is -0.169. The normalized spacial score (nSPS) is 43.0. The van der Waals surface area contributed by atoms with Gasteiger partial charge in [-0.25, -0.2) is 0 Å². The number of nitrogens with one attached hydrogen (secondary N) is 2. The van der Waals surface area contributed by atoms with E-state index in [-0.39, 0.29) is 16.4 Å². The largest absolute Gasteiger partial charge is 0.375 e. The summed E-state index contributed by atoms with van der Waals surface area (Å²) in [6.07, 6.45) is 8.35. The first-order valence-electron chi connectivity index (χ1n) is 7.33. The van der Waals surface area contributed by atoms with Crippen LogP contribution in [0, 0.1) is 22.7 Å². The Kier molecular flexibility index (Phi) is 3.00. The molecule has 1 amide bonds. The molecule has 0 aromatic rings. The van der Waals surface area contributed by atoms with E-state index in [1.54, 1.807) is 0 Å². The third-order valence-corrected chi connectivity index (χ3v) is 5.82. The fourth-order valence-corrected chi connectivity index (χ4v) is 5.43. The molecule has 0 aromatic heterocycles. The highest BCUT2D eigenvalue weighted by Gasteiger charge is 2.59. The van der Waals surface area contributed by atoms with Crippen LogP contribution in [0.1, 0.15) is 51.9 Å². The Hall–Kier alpha value is -0.840. The van der Waals surface area contributed by atoms with Gasteiger partial charge in [0.2, 0.25) is 5.91 Å². The Labute approximate surface area is 119 Å². The van der Waals surface area contributed by atoms with Crippen LogP contribution in [0.2, 0.25) is 0 Å². The van der Waals surface area contributed by atoms with E-state index in [4.69, 9.17) is 18.0 Å². The van der Waals surface area contributed by atoms with Gasteiger partial charge >= 0.3 is 0 Å². The summed E-state index contributed by atoms with van der Waals surface area (Å²) in [5.74, 6) is 1.60. The summed E-state index contributed by atoms with van der Waals surface area (Å²) in [4.78, 5) is 12.6. The second-order valence-corrected chi connectivity index (χ2v) is 7.48. The first-order valence-corrected chi connectivity index (χ1v) is 7.74. The Morgan fingerprint density at radius 2 is 1.89 bits per heavy atom. The lowest BCUT2D eigenvalue weighted by molar-refractivity contribution is -0.158. The van der Waals surface area contributed by atoms with E-state index in [9.17, 15) is 4.79 Å². The molecule has 0 heterocycles. The lowest BCUT2D eigenvalue weighted by Crippen LogP contribution is -2.59. The summed E-state index contributed by atoms with van der Waals surface area (Å²) in [6.45, 7) is 2.28. The number of rotatable bonds is 2. The first-order chi connectivity index (χ1) is 8.97. The highest BCUT2D eigenvalue weighted by molar-refractivity contribution is 7.80. The summed E-state index contributed by atoms with van der Waals surface area (Å²) in [6, 6.07) is 0. The highest BCUT2D eigenvalue weighted by atomic mass is 32.1. The maximum absolute atomic E-state index is 12.6. The molecule has 5 heteroatoms. The molecule has 0 radical (unpaired) electrons. The molecular weight excluding hydrogens is 258 g/mol. The fraction of sp³-hybridized carbons (Fsp3) is 0.857. The molecule has 19 heavy (non-hydrogen) atoms. The molecule has 4 nitrogen and oxygen atoms in total. The third-order valence-electron chi connectivity index (χ3n) is 5.71. The molecule has 0 aliphatic heterocycles. The number of carbonyl (C=O) groups excluding carboxylic acids is 1. The Balaban J connectivity index is 1.80. The van der Waals surface area contributed by atoms with Crippen molar-refractivity contribution in [1.82, 2.24) is 10.9 Å². The molecule has 4 aliphatic rings. The van der Waals surface area contributed by atoms with E-state index < -0.39 is 0 Å². The Morgan fingerprint density at radius 1 is 1.26 bits per heavy atom. The SMILES string of the molecule is CCC12C[C@@H]3C[C@@H](C1)CC(C(=O)NNC(N)=S)(C3)C2. The monoisotopic (exact) mass is 281 g/mol. The zero-order valence-electron chi connectivity index (χ0n) is 11.5. The van der Waals surface area contributed by atoms with Crippen LogP contribution in [0.3, 0.4) is 0 Å². The molecule has 4 aliphatic carbocycles. The van der Waals surface area contributed by atoms with Crippen molar-refractivity contribution >= 4 is 23.2 Å². The van der Waals surface area contributed by atoms with E-state index in [1.807, 2.05) is 0 Å². The highest BCUT2D eigenvalue weighted by Crippen LogP contribution is 2.66. The molecule has 4 fully saturated rings. The number of nitrogens with two attached hydrogens (primary N) is 1. The Bertz CT molecular complexity index is 409. The molecule has 106 valence electrons. The van der Waals surface area contributed by atoms with E-state index in [2.05, 4.69) is 17.8 Å². The van der Waals surface area contributed by atoms with E-state index in [0.717, 1.165) is 31.1 Å². The van der Waals surface area contributed by atoms with Gasteiger partial charge in [0.25, 0.3) is 0 Å². The molecule has 4 saturated carbocycles. The zero-order chi connectivity index (χ0) is 13.7. The average molecular weight is 281 g/mol. The molecule has 0 aromatic carbocycles. The lowest BCUT2D eigenvalue weighted by atomic mass is 9.43. The molecular formula is C14H23N3OS. The van der Waals surface area contributed by atoms with Crippen LogP contribution in [0.4, 0.5) is 0 Å². The number of carbonyl (C=O) groups is 1. The van der Waals surface area contributed by atoms with Crippen molar-refractivity contribution in [2.24, 2.45) is 28.4 Å². The number of thiocarbonyl (C=S) groups is 1. The molecule has 4 rings (SSSR count). The second kappa shape index (κ2) is 4.33. The quantitative estimate of drug-likeness (QED) is 0.534. The molecule has 0 unspecified atom stereocenters. The summed E-state index contributed by atoms with van der Waals surface area (Å²) in [5, 5.41) is 0.128.